The van der Waals surface area contributed by atoms with Gasteiger partial charge < -0.3 is 10.2 Å². The van der Waals surface area contributed by atoms with Gasteiger partial charge in [-0.2, -0.15) is 0 Å². The first-order chi connectivity index (χ1) is 9.45. The van der Waals surface area contributed by atoms with Crippen molar-refractivity contribution in [2.45, 2.75) is 26.8 Å². The van der Waals surface area contributed by atoms with Crippen LogP contribution in [-0.4, -0.2) is 14.1 Å². The highest BCUT2D eigenvalue weighted by Crippen LogP contribution is 2.24. The zero-order chi connectivity index (χ0) is 14.7. The highest BCUT2D eigenvalue weighted by atomic mass is 15.1. The molecule has 0 aromatic heterocycles. The van der Waals surface area contributed by atoms with E-state index in [0.717, 1.165) is 5.69 Å². The van der Waals surface area contributed by atoms with Crippen LogP contribution < -0.4 is 10.2 Å². The summed E-state index contributed by atoms with van der Waals surface area (Å²) in [6.45, 7) is 6.50. The fraction of sp³-hybridized carbons (Fsp3) is 0.333. The van der Waals surface area contributed by atoms with E-state index >= 15 is 0 Å². The van der Waals surface area contributed by atoms with Crippen molar-refractivity contribution < 1.29 is 0 Å². The average molecular weight is 268 g/mol. The van der Waals surface area contributed by atoms with E-state index in [4.69, 9.17) is 0 Å². The summed E-state index contributed by atoms with van der Waals surface area (Å²) >= 11 is 0. The molecule has 1 atom stereocenters. The summed E-state index contributed by atoms with van der Waals surface area (Å²) in [4.78, 5) is 2.12. The van der Waals surface area contributed by atoms with Crippen molar-refractivity contribution in [2.24, 2.45) is 0 Å². The summed E-state index contributed by atoms with van der Waals surface area (Å²) in [7, 11) is 4.12. The Bertz CT molecular complexity index is 567. The fourth-order valence-electron chi connectivity index (χ4n) is 2.47. The van der Waals surface area contributed by atoms with Gasteiger partial charge in [0.2, 0.25) is 0 Å². The van der Waals surface area contributed by atoms with Crippen LogP contribution in [0.3, 0.4) is 0 Å². The minimum Gasteiger partial charge on any atom is -0.378 e. The number of benzene rings is 2. The third-order valence-corrected chi connectivity index (χ3v) is 3.49. The summed E-state index contributed by atoms with van der Waals surface area (Å²) in [6, 6.07) is 15.5. The van der Waals surface area contributed by atoms with E-state index in [9.17, 15) is 0 Å². The Hall–Kier alpha value is -1.96. The Morgan fingerprint density at radius 1 is 0.950 bits per heavy atom. The lowest BCUT2D eigenvalue weighted by Crippen LogP contribution is -2.10. The van der Waals surface area contributed by atoms with Gasteiger partial charge in [0.25, 0.3) is 0 Å². The predicted molar refractivity (Wildman–Crippen MR) is 88.7 cm³/mol. The van der Waals surface area contributed by atoms with Crippen LogP contribution in [0.5, 0.6) is 0 Å². The zero-order valence-electron chi connectivity index (χ0n) is 13.1. The Morgan fingerprint density at radius 2 is 1.60 bits per heavy atom. The van der Waals surface area contributed by atoms with Gasteiger partial charge in [-0.25, -0.2) is 0 Å². The van der Waals surface area contributed by atoms with Gasteiger partial charge in [-0.05, 0) is 44.5 Å². The largest absolute Gasteiger partial charge is 0.378 e. The molecule has 0 fully saturated rings. The molecule has 0 aliphatic rings. The number of nitrogens with zero attached hydrogens (tertiary/aromatic N) is 1. The lowest BCUT2D eigenvalue weighted by atomic mass is 10.0. The van der Waals surface area contributed by atoms with Crippen LogP contribution in [0.2, 0.25) is 0 Å². The average Bonchev–Trinajstić information content (AvgIpc) is 2.37. The maximum Gasteiger partial charge on any atom is 0.0485 e. The second-order valence-corrected chi connectivity index (χ2v) is 5.73. The van der Waals surface area contributed by atoms with Gasteiger partial charge >= 0.3 is 0 Å². The highest BCUT2D eigenvalue weighted by molar-refractivity contribution is 5.58. The summed E-state index contributed by atoms with van der Waals surface area (Å²) < 4.78 is 0. The molecule has 0 spiro atoms. The van der Waals surface area contributed by atoms with Crippen LogP contribution >= 0.6 is 0 Å². The van der Waals surface area contributed by atoms with Gasteiger partial charge in [-0.3, -0.25) is 0 Å². The third kappa shape index (κ3) is 3.53. The van der Waals surface area contributed by atoms with E-state index in [0.29, 0.717) is 6.04 Å². The molecule has 1 N–H and O–H groups in total. The molecule has 2 aromatic carbocycles. The van der Waals surface area contributed by atoms with E-state index in [1.807, 2.05) is 0 Å². The summed E-state index contributed by atoms with van der Waals surface area (Å²) in [5, 5.41) is 3.58. The summed E-state index contributed by atoms with van der Waals surface area (Å²) in [5.41, 5.74) is 6.33. The minimum atomic E-state index is 0.297. The van der Waals surface area contributed by atoms with Gasteiger partial charge in [0, 0.05) is 31.5 Å². The molecule has 106 valence electrons. The molecule has 1 unspecified atom stereocenters. The zero-order valence-corrected chi connectivity index (χ0v) is 13.1. The van der Waals surface area contributed by atoms with Crippen molar-refractivity contribution in [1.82, 2.24) is 0 Å². The van der Waals surface area contributed by atoms with Crippen LogP contribution in [0.4, 0.5) is 11.4 Å². The predicted octanol–water partition coefficient (Wildman–Crippen LogP) is 4.54. The van der Waals surface area contributed by atoms with Crippen molar-refractivity contribution in [1.29, 1.82) is 0 Å². The lowest BCUT2D eigenvalue weighted by molar-refractivity contribution is 0.880. The molecule has 0 aliphatic heterocycles. The molecule has 2 nitrogen and oxygen atoms in total. The molecular formula is C18H24N2. The van der Waals surface area contributed by atoms with Gasteiger partial charge in [0.05, 0.1) is 0 Å². The fourth-order valence-corrected chi connectivity index (χ4v) is 2.47. The van der Waals surface area contributed by atoms with Crippen molar-refractivity contribution in [3.8, 4) is 0 Å². The van der Waals surface area contributed by atoms with Crippen molar-refractivity contribution >= 4 is 11.4 Å². The number of anilines is 2. The van der Waals surface area contributed by atoms with Crippen molar-refractivity contribution in [3.63, 3.8) is 0 Å². The Kier molecular flexibility index (Phi) is 4.33. The van der Waals surface area contributed by atoms with E-state index in [-0.39, 0.29) is 0 Å². The number of rotatable bonds is 4. The molecule has 0 radical (unpaired) electrons. The van der Waals surface area contributed by atoms with Crippen LogP contribution in [0.1, 0.15) is 29.7 Å². The standard InChI is InChI=1S/C18H24N2/c1-13-9-14(2)11-16(10-13)15(3)19-17-7-6-8-18(12-17)20(4)5/h6-12,15,19H,1-5H3. The molecule has 0 aliphatic carbocycles. The Morgan fingerprint density at radius 3 is 2.20 bits per heavy atom. The van der Waals surface area contributed by atoms with Crippen molar-refractivity contribution in [2.75, 3.05) is 24.3 Å². The Labute approximate surface area is 122 Å². The molecule has 0 heterocycles. The Balaban J connectivity index is 2.18. The lowest BCUT2D eigenvalue weighted by Gasteiger charge is -2.19. The van der Waals surface area contributed by atoms with E-state index < -0.39 is 0 Å². The van der Waals surface area contributed by atoms with Gasteiger partial charge in [0.15, 0.2) is 0 Å². The van der Waals surface area contributed by atoms with Gasteiger partial charge in [-0.15, -0.1) is 0 Å². The molecule has 2 rings (SSSR count). The molecular weight excluding hydrogens is 244 g/mol. The topological polar surface area (TPSA) is 15.3 Å². The molecule has 2 aromatic rings. The van der Waals surface area contributed by atoms with E-state index in [1.165, 1.54) is 22.4 Å². The first-order valence-electron chi connectivity index (χ1n) is 7.08. The number of aryl methyl sites for hydroxylation is 2. The normalized spacial score (nSPS) is 12.1. The first-order valence-corrected chi connectivity index (χ1v) is 7.08. The minimum absolute atomic E-state index is 0.297. The smallest absolute Gasteiger partial charge is 0.0485 e. The maximum atomic E-state index is 3.58. The second-order valence-electron chi connectivity index (χ2n) is 5.73. The van der Waals surface area contributed by atoms with Gasteiger partial charge in [-0.1, -0.05) is 35.4 Å². The SMILES string of the molecule is Cc1cc(C)cc(C(C)Nc2cccc(N(C)C)c2)c1. The van der Waals surface area contributed by atoms with E-state index in [2.05, 4.69) is 87.5 Å². The van der Waals surface area contributed by atoms with Gasteiger partial charge in [0.1, 0.15) is 0 Å². The molecule has 20 heavy (non-hydrogen) atoms. The third-order valence-electron chi connectivity index (χ3n) is 3.49. The summed E-state index contributed by atoms with van der Waals surface area (Å²) in [5.74, 6) is 0. The quantitative estimate of drug-likeness (QED) is 0.875. The van der Waals surface area contributed by atoms with Crippen LogP contribution in [-0.2, 0) is 0 Å². The molecule has 0 saturated heterocycles. The monoisotopic (exact) mass is 268 g/mol. The number of nitrogens with one attached hydrogen (secondary N) is 1. The molecule has 0 saturated carbocycles. The number of hydrogen-bond donors (Lipinski definition) is 1. The number of hydrogen-bond acceptors (Lipinski definition) is 2. The van der Waals surface area contributed by atoms with Crippen LogP contribution in [0.25, 0.3) is 0 Å². The van der Waals surface area contributed by atoms with E-state index in [1.54, 1.807) is 0 Å². The molecule has 0 amide bonds. The molecule has 0 bridgehead atoms. The van der Waals surface area contributed by atoms with Crippen molar-refractivity contribution in [3.05, 3.63) is 59.2 Å². The highest BCUT2D eigenvalue weighted by Gasteiger charge is 2.07. The second kappa shape index (κ2) is 6.00. The summed E-state index contributed by atoms with van der Waals surface area (Å²) in [6.07, 6.45) is 0. The van der Waals surface area contributed by atoms with Crippen LogP contribution in [0.15, 0.2) is 42.5 Å². The maximum absolute atomic E-state index is 3.58. The molecule has 2 heteroatoms. The van der Waals surface area contributed by atoms with Crippen LogP contribution in [0, 0.1) is 13.8 Å². The first kappa shape index (κ1) is 14.4.